The summed E-state index contributed by atoms with van der Waals surface area (Å²) in [5, 5.41) is 15.6. The van der Waals surface area contributed by atoms with Crippen LogP contribution in [0, 0.1) is 5.92 Å². The van der Waals surface area contributed by atoms with E-state index in [1.807, 2.05) is 14.1 Å². The molecule has 0 spiro atoms. The molecule has 0 aromatic heterocycles. The summed E-state index contributed by atoms with van der Waals surface area (Å²) in [6.45, 7) is 3.82. The number of nitrogens with one attached hydrogen (secondary N) is 2. The Bertz CT molecular complexity index is 88.2. The molecule has 0 aromatic carbocycles. The van der Waals surface area contributed by atoms with E-state index in [0.717, 1.165) is 19.5 Å². The second kappa shape index (κ2) is 6.58. The summed E-state index contributed by atoms with van der Waals surface area (Å²) in [6.07, 6.45) is 0.647. The predicted molar refractivity (Wildman–Crippen MR) is 47.6 cm³/mol. The lowest BCUT2D eigenvalue weighted by molar-refractivity contribution is 0.108. The minimum Gasteiger partial charge on any atom is -0.393 e. The monoisotopic (exact) mass is 160 g/mol. The van der Waals surface area contributed by atoms with Gasteiger partial charge in [-0.25, -0.2) is 0 Å². The molecule has 0 aliphatic carbocycles. The average molecular weight is 160 g/mol. The van der Waals surface area contributed by atoms with Crippen molar-refractivity contribution in [3.8, 4) is 0 Å². The normalized spacial score (nSPS) is 16.4. The van der Waals surface area contributed by atoms with E-state index in [-0.39, 0.29) is 6.10 Å². The van der Waals surface area contributed by atoms with Crippen LogP contribution in [-0.4, -0.2) is 38.4 Å². The third-order valence-corrected chi connectivity index (χ3v) is 1.87. The van der Waals surface area contributed by atoms with E-state index in [9.17, 15) is 5.11 Å². The minimum absolute atomic E-state index is 0.185. The lowest BCUT2D eigenvalue weighted by Gasteiger charge is -2.17. The highest BCUT2D eigenvalue weighted by molar-refractivity contribution is 4.66. The first-order valence-corrected chi connectivity index (χ1v) is 4.19. The molecule has 68 valence electrons. The van der Waals surface area contributed by atoms with Gasteiger partial charge in [-0.1, -0.05) is 6.92 Å². The van der Waals surface area contributed by atoms with Crippen molar-refractivity contribution in [3.05, 3.63) is 0 Å². The maximum absolute atomic E-state index is 9.50. The van der Waals surface area contributed by atoms with Crippen molar-refractivity contribution in [1.29, 1.82) is 0 Å². The molecule has 0 saturated heterocycles. The largest absolute Gasteiger partial charge is 0.393 e. The van der Waals surface area contributed by atoms with Crippen LogP contribution in [0.1, 0.15) is 13.3 Å². The van der Waals surface area contributed by atoms with Crippen molar-refractivity contribution >= 4 is 0 Å². The summed E-state index contributed by atoms with van der Waals surface area (Å²) in [5.74, 6) is 0.341. The molecule has 3 nitrogen and oxygen atoms in total. The summed E-state index contributed by atoms with van der Waals surface area (Å²) in [4.78, 5) is 0. The molecular weight excluding hydrogens is 140 g/mol. The summed E-state index contributed by atoms with van der Waals surface area (Å²) in [7, 11) is 3.80. The van der Waals surface area contributed by atoms with Crippen LogP contribution < -0.4 is 10.6 Å². The molecule has 3 heteroatoms. The number of hydrogen-bond acceptors (Lipinski definition) is 3. The van der Waals surface area contributed by atoms with Gasteiger partial charge in [-0.05, 0) is 39.5 Å². The van der Waals surface area contributed by atoms with Gasteiger partial charge in [-0.2, -0.15) is 0 Å². The van der Waals surface area contributed by atoms with E-state index in [0.29, 0.717) is 5.92 Å². The van der Waals surface area contributed by atoms with Crippen molar-refractivity contribution in [2.24, 2.45) is 5.92 Å². The molecule has 0 amide bonds. The van der Waals surface area contributed by atoms with Gasteiger partial charge in [0.25, 0.3) is 0 Å². The van der Waals surface area contributed by atoms with Gasteiger partial charge in [0.05, 0.1) is 6.10 Å². The molecule has 0 heterocycles. The van der Waals surface area contributed by atoms with Crippen molar-refractivity contribution in [2.45, 2.75) is 19.4 Å². The zero-order valence-electron chi connectivity index (χ0n) is 7.72. The van der Waals surface area contributed by atoms with Crippen LogP contribution in [0.25, 0.3) is 0 Å². The topological polar surface area (TPSA) is 44.3 Å². The van der Waals surface area contributed by atoms with Crippen LogP contribution in [0.5, 0.6) is 0 Å². The number of rotatable bonds is 6. The van der Waals surface area contributed by atoms with E-state index >= 15 is 0 Å². The fourth-order valence-corrected chi connectivity index (χ4v) is 1.03. The zero-order chi connectivity index (χ0) is 8.69. The summed E-state index contributed by atoms with van der Waals surface area (Å²) in [5.41, 5.74) is 0. The van der Waals surface area contributed by atoms with Crippen LogP contribution in [0.3, 0.4) is 0 Å². The van der Waals surface area contributed by atoms with E-state index < -0.39 is 0 Å². The first kappa shape index (κ1) is 10.9. The Hall–Kier alpha value is -0.120. The highest BCUT2D eigenvalue weighted by atomic mass is 16.3. The second-order valence-corrected chi connectivity index (χ2v) is 2.99. The highest BCUT2D eigenvalue weighted by Crippen LogP contribution is 2.04. The third kappa shape index (κ3) is 5.18. The minimum atomic E-state index is -0.185. The molecular formula is C8H20N2O. The van der Waals surface area contributed by atoms with Crippen molar-refractivity contribution < 1.29 is 5.11 Å². The number of aliphatic hydroxyl groups is 1. The Labute approximate surface area is 69.2 Å². The molecule has 0 aliphatic heterocycles. The Morgan fingerprint density at radius 1 is 1.27 bits per heavy atom. The quantitative estimate of drug-likeness (QED) is 0.505. The van der Waals surface area contributed by atoms with Crippen LogP contribution in [0.2, 0.25) is 0 Å². The van der Waals surface area contributed by atoms with Crippen LogP contribution in [0.15, 0.2) is 0 Å². The molecule has 0 bridgehead atoms. The van der Waals surface area contributed by atoms with Gasteiger partial charge in [0.15, 0.2) is 0 Å². The Balaban J connectivity index is 3.38. The molecule has 0 aromatic rings. The molecule has 2 unspecified atom stereocenters. The van der Waals surface area contributed by atoms with Crippen LogP contribution in [-0.2, 0) is 0 Å². The van der Waals surface area contributed by atoms with Gasteiger partial charge in [0.1, 0.15) is 0 Å². The van der Waals surface area contributed by atoms with Gasteiger partial charge in [0.2, 0.25) is 0 Å². The molecule has 3 N–H and O–H groups in total. The Morgan fingerprint density at radius 2 is 1.91 bits per heavy atom. The van der Waals surface area contributed by atoms with E-state index in [1.54, 1.807) is 0 Å². The summed E-state index contributed by atoms with van der Waals surface area (Å²) < 4.78 is 0. The first-order chi connectivity index (χ1) is 5.22. The van der Waals surface area contributed by atoms with Gasteiger partial charge in [-0.3, -0.25) is 0 Å². The van der Waals surface area contributed by atoms with Gasteiger partial charge >= 0.3 is 0 Å². The zero-order valence-corrected chi connectivity index (χ0v) is 7.72. The maximum atomic E-state index is 9.50. The predicted octanol–water partition coefficient (Wildman–Crippen LogP) is -0.188. The van der Waals surface area contributed by atoms with Crippen molar-refractivity contribution in [1.82, 2.24) is 10.6 Å². The molecule has 0 rings (SSSR count). The van der Waals surface area contributed by atoms with E-state index in [4.69, 9.17) is 0 Å². The molecule has 0 saturated carbocycles. The van der Waals surface area contributed by atoms with Crippen molar-refractivity contribution in [2.75, 3.05) is 27.2 Å². The lowest BCUT2D eigenvalue weighted by Crippen LogP contribution is -2.29. The van der Waals surface area contributed by atoms with Crippen molar-refractivity contribution in [3.63, 3.8) is 0 Å². The van der Waals surface area contributed by atoms with Crippen LogP contribution >= 0.6 is 0 Å². The van der Waals surface area contributed by atoms with Crippen LogP contribution in [0.4, 0.5) is 0 Å². The smallest absolute Gasteiger partial charge is 0.0590 e. The average Bonchev–Trinajstić information content (AvgIpc) is 2.00. The maximum Gasteiger partial charge on any atom is 0.0590 e. The third-order valence-electron chi connectivity index (χ3n) is 1.87. The second-order valence-electron chi connectivity index (χ2n) is 2.99. The lowest BCUT2D eigenvalue weighted by atomic mass is 10.0. The summed E-state index contributed by atoms with van der Waals surface area (Å²) >= 11 is 0. The molecule has 0 radical (unpaired) electrons. The number of hydrogen-bond donors (Lipinski definition) is 3. The SMILES string of the molecule is CNCCC(O)C(C)CNC. The van der Waals surface area contributed by atoms with Gasteiger partial charge in [-0.15, -0.1) is 0 Å². The molecule has 11 heavy (non-hydrogen) atoms. The Morgan fingerprint density at radius 3 is 2.36 bits per heavy atom. The molecule has 0 fully saturated rings. The summed E-state index contributed by atoms with van der Waals surface area (Å²) in [6, 6.07) is 0. The highest BCUT2D eigenvalue weighted by Gasteiger charge is 2.11. The van der Waals surface area contributed by atoms with Gasteiger partial charge in [0, 0.05) is 0 Å². The first-order valence-electron chi connectivity index (χ1n) is 4.19. The number of aliphatic hydroxyl groups excluding tert-OH is 1. The molecule has 2 atom stereocenters. The van der Waals surface area contributed by atoms with Gasteiger partial charge < -0.3 is 15.7 Å². The standard InChI is InChI=1S/C8H20N2O/c1-7(6-10-3)8(11)4-5-9-2/h7-11H,4-6H2,1-3H3. The van der Waals surface area contributed by atoms with E-state index in [2.05, 4.69) is 17.6 Å². The molecule has 0 aliphatic rings. The van der Waals surface area contributed by atoms with E-state index in [1.165, 1.54) is 0 Å². The fourth-order valence-electron chi connectivity index (χ4n) is 1.03. The Kier molecular flexibility index (Phi) is 6.51. The fraction of sp³-hybridized carbons (Fsp3) is 1.00.